The first-order valence-corrected chi connectivity index (χ1v) is 8.96. The SMILES string of the molecule is CC(C)N(C)C(=O)CN1CCCC(CNC(=O)C2CCCN2)C1. The van der Waals surface area contributed by atoms with Crippen molar-refractivity contribution in [3.8, 4) is 0 Å². The third-order valence-corrected chi connectivity index (χ3v) is 5.07. The smallest absolute Gasteiger partial charge is 0.237 e. The van der Waals surface area contributed by atoms with Gasteiger partial charge >= 0.3 is 0 Å². The van der Waals surface area contributed by atoms with Gasteiger partial charge in [0.05, 0.1) is 12.6 Å². The lowest BCUT2D eigenvalue weighted by Gasteiger charge is -2.34. The van der Waals surface area contributed by atoms with Crippen molar-refractivity contribution >= 4 is 11.8 Å². The lowest BCUT2D eigenvalue weighted by Crippen LogP contribution is -2.48. The third-order valence-electron chi connectivity index (χ3n) is 5.07. The largest absolute Gasteiger partial charge is 0.354 e. The minimum atomic E-state index is -0.00374. The molecule has 2 N–H and O–H groups in total. The Labute approximate surface area is 140 Å². The van der Waals surface area contributed by atoms with Gasteiger partial charge in [-0.1, -0.05) is 0 Å². The monoisotopic (exact) mass is 324 g/mol. The van der Waals surface area contributed by atoms with Crippen LogP contribution in [0, 0.1) is 5.92 Å². The zero-order chi connectivity index (χ0) is 16.8. The molecule has 0 aromatic rings. The number of amides is 2. The van der Waals surface area contributed by atoms with E-state index in [1.807, 2.05) is 20.9 Å². The zero-order valence-electron chi connectivity index (χ0n) is 14.8. The number of likely N-dealkylation sites (tertiary alicyclic amines) is 1. The van der Waals surface area contributed by atoms with Crippen LogP contribution in [0.15, 0.2) is 0 Å². The molecule has 6 heteroatoms. The highest BCUT2D eigenvalue weighted by Crippen LogP contribution is 2.16. The van der Waals surface area contributed by atoms with Crippen LogP contribution >= 0.6 is 0 Å². The topological polar surface area (TPSA) is 64.7 Å². The molecule has 2 heterocycles. The van der Waals surface area contributed by atoms with Crippen molar-refractivity contribution < 1.29 is 9.59 Å². The first-order chi connectivity index (χ1) is 11.0. The summed E-state index contributed by atoms with van der Waals surface area (Å²) in [7, 11) is 1.86. The predicted octanol–water partition coefficient (Wildman–Crippen LogP) is 0.433. The van der Waals surface area contributed by atoms with Crippen LogP contribution in [-0.4, -0.2) is 73.5 Å². The summed E-state index contributed by atoms with van der Waals surface area (Å²) >= 11 is 0. The molecule has 23 heavy (non-hydrogen) atoms. The molecular formula is C17H32N4O2. The van der Waals surface area contributed by atoms with E-state index in [9.17, 15) is 9.59 Å². The van der Waals surface area contributed by atoms with Crippen LogP contribution in [0.1, 0.15) is 39.5 Å². The van der Waals surface area contributed by atoms with E-state index in [2.05, 4.69) is 15.5 Å². The van der Waals surface area contributed by atoms with Crippen LogP contribution in [-0.2, 0) is 9.59 Å². The van der Waals surface area contributed by atoms with Gasteiger partial charge in [0.1, 0.15) is 0 Å². The van der Waals surface area contributed by atoms with Gasteiger partial charge in [-0.3, -0.25) is 14.5 Å². The summed E-state index contributed by atoms with van der Waals surface area (Å²) in [5.74, 6) is 0.765. The maximum Gasteiger partial charge on any atom is 0.237 e. The molecule has 2 fully saturated rings. The number of rotatable bonds is 6. The molecule has 0 radical (unpaired) electrons. The van der Waals surface area contributed by atoms with E-state index in [1.165, 1.54) is 0 Å². The normalized spacial score (nSPS) is 25.6. The molecule has 2 aliphatic heterocycles. The molecule has 0 saturated carbocycles. The van der Waals surface area contributed by atoms with Gasteiger partial charge in [-0.05, 0) is 58.5 Å². The third kappa shape index (κ3) is 5.46. The quantitative estimate of drug-likeness (QED) is 0.744. The van der Waals surface area contributed by atoms with Crippen LogP contribution < -0.4 is 10.6 Å². The molecule has 2 rings (SSSR count). The standard InChI is InChI=1S/C17H32N4O2/c1-13(2)20(3)16(22)12-21-9-5-6-14(11-21)10-19-17(23)15-7-4-8-18-15/h13-15,18H,4-12H2,1-3H3,(H,19,23). The summed E-state index contributed by atoms with van der Waals surface area (Å²) in [5.41, 5.74) is 0. The number of hydrogen-bond acceptors (Lipinski definition) is 4. The number of nitrogens with zero attached hydrogens (tertiary/aromatic N) is 2. The van der Waals surface area contributed by atoms with Gasteiger partial charge in [-0.2, -0.15) is 0 Å². The van der Waals surface area contributed by atoms with Crippen LogP contribution in [0.5, 0.6) is 0 Å². The van der Waals surface area contributed by atoms with Gasteiger partial charge in [-0.15, -0.1) is 0 Å². The van der Waals surface area contributed by atoms with Crippen molar-refractivity contribution in [2.75, 3.05) is 39.8 Å². The Balaban J connectivity index is 1.72. The molecule has 2 aliphatic rings. The van der Waals surface area contributed by atoms with Crippen molar-refractivity contribution in [2.45, 2.75) is 51.6 Å². The summed E-state index contributed by atoms with van der Waals surface area (Å²) in [4.78, 5) is 28.3. The molecule has 132 valence electrons. The van der Waals surface area contributed by atoms with E-state index in [4.69, 9.17) is 0 Å². The lowest BCUT2D eigenvalue weighted by atomic mass is 9.97. The summed E-state index contributed by atoms with van der Waals surface area (Å²) in [6.07, 6.45) is 4.25. The molecule has 0 spiro atoms. The van der Waals surface area contributed by atoms with Gasteiger partial charge < -0.3 is 15.5 Å². The second-order valence-corrected chi connectivity index (χ2v) is 7.24. The molecule has 2 saturated heterocycles. The number of piperidine rings is 1. The van der Waals surface area contributed by atoms with Gasteiger partial charge in [0.25, 0.3) is 0 Å². The molecule has 0 aromatic carbocycles. The average molecular weight is 324 g/mol. The van der Waals surface area contributed by atoms with Crippen molar-refractivity contribution in [3.05, 3.63) is 0 Å². The minimum Gasteiger partial charge on any atom is -0.354 e. The van der Waals surface area contributed by atoms with E-state index in [1.54, 1.807) is 4.90 Å². The second kappa shape index (κ2) is 8.64. The van der Waals surface area contributed by atoms with Crippen molar-refractivity contribution in [2.24, 2.45) is 5.92 Å². The first kappa shape index (κ1) is 18.2. The molecule has 2 amide bonds. The summed E-state index contributed by atoms with van der Waals surface area (Å²) in [6, 6.07) is 0.234. The molecule has 6 nitrogen and oxygen atoms in total. The van der Waals surface area contributed by atoms with E-state index in [0.29, 0.717) is 12.5 Å². The van der Waals surface area contributed by atoms with Crippen molar-refractivity contribution in [3.63, 3.8) is 0 Å². The van der Waals surface area contributed by atoms with Gasteiger partial charge in [0.15, 0.2) is 0 Å². The predicted molar refractivity (Wildman–Crippen MR) is 91.1 cm³/mol. The summed E-state index contributed by atoms with van der Waals surface area (Å²) < 4.78 is 0. The van der Waals surface area contributed by atoms with Crippen LogP contribution in [0.25, 0.3) is 0 Å². The van der Waals surface area contributed by atoms with Gasteiger partial charge in [-0.25, -0.2) is 0 Å². The fourth-order valence-corrected chi connectivity index (χ4v) is 3.33. The average Bonchev–Trinajstić information content (AvgIpc) is 3.06. The Morgan fingerprint density at radius 2 is 2.09 bits per heavy atom. The number of carbonyl (C=O) groups excluding carboxylic acids is 2. The maximum atomic E-state index is 12.2. The van der Waals surface area contributed by atoms with E-state index >= 15 is 0 Å². The highest BCUT2D eigenvalue weighted by atomic mass is 16.2. The molecule has 0 aromatic heterocycles. The molecular weight excluding hydrogens is 292 g/mol. The first-order valence-electron chi connectivity index (χ1n) is 8.96. The zero-order valence-corrected chi connectivity index (χ0v) is 14.8. The number of nitrogens with one attached hydrogen (secondary N) is 2. The van der Waals surface area contributed by atoms with E-state index < -0.39 is 0 Å². The van der Waals surface area contributed by atoms with Crippen molar-refractivity contribution in [1.82, 2.24) is 20.4 Å². The fourth-order valence-electron chi connectivity index (χ4n) is 3.33. The highest BCUT2D eigenvalue weighted by molar-refractivity contribution is 5.82. The second-order valence-electron chi connectivity index (χ2n) is 7.24. The Kier molecular flexibility index (Phi) is 6.84. The Morgan fingerprint density at radius 1 is 1.30 bits per heavy atom. The van der Waals surface area contributed by atoms with E-state index in [0.717, 1.165) is 51.9 Å². The maximum absolute atomic E-state index is 12.2. The lowest BCUT2D eigenvalue weighted by molar-refractivity contribution is -0.133. The molecule has 2 unspecified atom stereocenters. The molecule has 2 atom stereocenters. The Bertz CT molecular complexity index is 407. The van der Waals surface area contributed by atoms with Crippen LogP contribution in [0.3, 0.4) is 0 Å². The van der Waals surface area contributed by atoms with Gasteiger partial charge in [0, 0.05) is 26.2 Å². The number of hydrogen-bond donors (Lipinski definition) is 2. The Morgan fingerprint density at radius 3 is 2.74 bits per heavy atom. The van der Waals surface area contributed by atoms with Crippen LogP contribution in [0.4, 0.5) is 0 Å². The van der Waals surface area contributed by atoms with E-state index in [-0.39, 0.29) is 23.9 Å². The number of carbonyl (C=O) groups is 2. The number of likely N-dealkylation sites (N-methyl/N-ethyl adjacent to an activating group) is 1. The van der Waals surface area contributed by atoms with Crippen LogP contribution in [0.2, 0.25) is 0 Å². The summed E-state index contributed by atoms with van der Waals surface area (Å²) in [6.45, 7) is 8.10. The molecule has 0 aliphatic carbocycles. The minimum absolute atomic E-state index is 0.00374. The highest BCUT2D eigenvalue weighted by Gasteiger charge is 2.26. The fraction of sp³-hybridized carbons (Fsp3) is 0.882. The Hall–Kier alpha value is -1.14. The van der Waals surface area contributed by atoms with Crippen molar-refractivity contribution in [1.29, 1.82) is 0 Å². The van der Waals surface area contributed by atoms with Gasteiger partial charge in [0.2, 0.25) is 11.8 Å². The summed E-state index contributed by atoms with van der Waals surface area (Å²) in [5, 5.41) is 6.32. The molecule has 0 bridgehead atoms.